The van der Waals surface area contributed by atoms with Crippen molar-refractivity contribution >= 4 is 11.9 Å². The maximum atomic E-state index is 12.6. The summed E-state index contributed by atoms with van der Waals surface area (Å²) in [4.78, 5) is 23.5. The van der Waals surface area contributed by atoms with Crippen LogP contribution in [0.2, 0.25) is 0 Å². The molecule has 0 bridgehead atoms. The molecule has 1 amide bonds. The monoisotopic (exact) mass is 388 g/mol. The maximum Gasteiger partial charge on any atom is 0.419 e. The van der Waals surface area contributed by atoms with Crippen LogP contribution < -0.4 is 4.90 Å². The molecule has 27 heavy (non-hydrogen) atoms. The second kappa shape index (κ2) is 8.39. The Morgan fingerprint density at radius 2 is 1.78 bits per heavy atom. The number of ether oxygens (including phenoxy) is 1. The van der Waals surface area contributed by atoms with Crippen molar-refractivity contribution in [3.8, 4) is 0 Å². The Bertz CT molecular complexity index is 633. The molecule has 0 spiro atoms. The topological polar surface area (TPSA) is 78.8 Å². The number of aliphatic hydroxyl groups is 1. The Morgan fingerprint density at radius 3 is 2.37 bits per heavy atom. The summed E-state index contributed by atoms with van der Waals surface area (Å²) in [6.07, 6.45) is -0.392. The predicted molar refractivity (Wildman–Crippen MR) is 90.0 cm³/mol. The number of nitrogens with zero attached hydrogens (tertiary/aromatic N) is 4. The minimum absolute atomic E-state index is 0.0117. The van der Waals surface area contributed by atoms with E-state index in [0.29, 0.717) is 39.0 Å². The Morgan fingerprint density at radius 1 is 1.15 bits per heavy atom. The standard InChI is InChI=1S/C17H23F3N4O3/c18-17(19,20)12-10-21-16(22-11-12)24-6-4-23(5-7-24)15(26)9-14-2-1-13(27-14)3-8-25/h10-11,13-14,25H,1-9H2. The SMILES string of the molecule is O=C(CC1CCC(CCO)O1)N1CCN(c2ncc(C(F)(F)F)cn2)CC1. The number of rotatable bonds is 5. The first-order valence-corrected chi connectivity index (χ1v) is 9.05. The lowest BCUT2D eigenvalue weighted by Gasteiger charge is -2.35. The van der Waals surface area contributed by atoms with E-state index in [0.717, 1.165) is 25.2 Å². The number of aromatic nitrogens is 2. The molecule has 2 aliphatic rings. The highest BCUT2D eigenvalue weighted by atomic mass is 19.4. The first kappa shape index (κ1) is 19.8. The van der Waals surface area contributed by atoms with Gasteiger partial charge in [0.2, 0.25) is 11.9 Å². The van der Waals surface area contributed by atoms with Crippen LogP contribution in [-0.2, 0) is 15.7 Å². The van der Waals surface area contributed by atoms with Gasteiger partial charge in [0.25, 0.3) is 0 Å². The number of aliphatic hydroxyl groups excluding tert-OH is 1. The van der Waals surface area contributed by atoms with E-state index in [2.05, 4.69) is 9.97 Å². The molecule has 2 aliphatic heterocycles. The van der Waals surface area contributed by atoms with Crippen molar-refractivity contribution in [3.63, 3.8) is 0 Å². The minimum atomic E-state index is -4.46. The Kier molecular flexibility index (Phi) is 6.15. The highest BCUT2D eigenvalue weighted by molar-refractivity contribution is 5.77. The molecule has 0 radical (unpaired) electrons. The van der Waals surface area contributed by atoms with E-state index in [1.54, 1.807) is 9.80 Å². The third kappa shape index (κ3) is 5.07. The smallest absolute Gasteiger partial charge is 0.396 e. The third-order valence-corrected chi connectivity index (χ3v) is 4.93. The van der Waals surface area contributed by atoms with Crippen LogP contribution in [0.4, 0.5) is 19.1 Å². The molecule has 1 N–H and O–H groups in total. The van der Waals surface area contributed by atoms with Gasteiger partial charge < -0.3 is 19.6 Å². The van der Waals surface area contributed by atoms with Crippen LogP contribution in [0, 0.1) is 0 Å². The van der Waals surface area contributed by atoms with Crippen LogP contribution in [-0.4, -0.2) is 70.9 Å². The molecule has 0 aliphatic carbocycles. The fourth-order valence-corrected chi connectivity index (χ4v) is 3.40. The number of halogens is 3. The molecule has 10 heteroatoms. The summed E-state index contributed by atoms with van der Waals surface area (Å²) in [5, 5.41) is 8.95. The van der Waals surface area contributed by atoms with E-state index in [4.69, 9.17) is 9.84 Å². The van der Waals surface area contributed by atoms with Gasteiger partial charge in [-0.05, 0) is 19.3 Å². The molecule has 1 aromatic heterocycles. The number of amides is 1. The van der Waals surface area contributed by atoms with Gasteiger partial charge in [-0.1, -0.05) is 0 Å². The van der Waals surface area contributed by atoms with Crippen molar-refractivity contribution in [1.29, 1.82) is 0 Å². The molecule has 2 atom stereocenters. The summed E-state index contributed by atoms with van der Waals surface area (Å²) in [5.74, 6) is 0.249. The van der Waals surface area contributed by atoms with Gasteiger partial charge in [0.05, 0.1) is 24.2 Å². The van der Waals surface area contributed by atoms with Crippen molar-refractivity contribution in [1.82, 2.24) is 14.9 Å². The first-order chi connectivity index (χ1) is 12.9. The fraction of sp³-hybridized carbons (Fsp3) is 0.706. The third-order valence-electron chi connectivity index (χ3n) is 4.93. The Hall–Kier alpha value is -1.94. The van der Waals surface area contributed by atoms with Crippen LogP contribution >= 0.6 is 0 Å². The lowest BCUT2D eigenvalue weighted by Crippen LogP contribution is -2.49. The van der Waals surface area contributed by atoms with Gasteiger partial charge >= 0.3 is 6.18 Å². The second-order valence-electron chi connectivity index (χ2n) is 6.81. The number of piperazine rings is 1. The molecular weight excluding hydrogens is 365 g/mol. The number of carbonyl (C=O) groups is 1. The van der Waals surface area contributed by atoms with Crippen LogP contribution in [0.5, 0.6) is 0 Å². The van der Waals surface area contributed by atoms with Gasteiger partial charge in [0, 0.05) is 45.2 Å². The molecule has 7 nitrogen and oxygen atoms in total. The van der Waals surface area contributed by atoms with Crippen molar-refractivity contribution in [2.45, 2.75) is 44.1 Å². The predicted octanol–water partition coefficient (Wildman–Crippen LogP) is 1.46. The number of carbonyl (C=O) groups excluding carboxylic acids is 1. The summed E-state index contributed by atoms with van der Waals surface area (Å²) in [6, 6.07) is 0. The van der Waals surface area contributed by atoms with Gasteiger partial charge in [-0.2, -0.15) is 13.2 Å². The minimum Gasteiger partial charge on any atom is -0.396 e. The molecule has 0 saturated carbocycles. The summed E-state index contributed by atoms with van der Waals surface area (Å²) in [7, 11) is 0. The summed E-state index contributed by atoms with van der Waals surface area (Å²) in [5.41, 5.74) is -0.879. The molecule has 150 valence electrons. The van der Waals surface area contributed by atoms with Gasteiger partial charge in [-0.25, -0.2) is 9.97 Å². The Balaban J connectivity index is 1.46. The van der Waals surface area contributed by atoms with Gasteiger partial charge in [0.15, 0.2) is 0 Å². The first-order valence-electron chi connectivity index (χ1n) is 9.05. The summed E-state index contributed by atoms with van der Waals surface area (Å²) < 4.78 is 43.5. The van der Waals surface area contributed by atoms with E-state index >= 15 is 0 Å². The normalized spacial score (nSPS) is 23.7. The van der Waals surface area contributed by atoms with Crippen molar-refractivity contribution in [3.05, 3.63) is 18.0 Å². The zero-order valence-electron chi connectivity index (χ0n) is 14.9. The highest BCUT2D eigenvalue weighted by Gasteiger charge is 2.32. The molecule has 3 heterocycles. The summed E-state index contributed by atoms with van der Waals surface area (Å²) in [6.45, 7) is 1.96. The Labute approximate surface area is 155 Å². The van der Waals surface area contributed by atoms with E-state index in [1.807, 2.05) is 0 Å². The largest absolute Gasteiger partial charge is 0.419 e. The average molecular weight is 388 g/mol. The van der Waals surface area contributed by atoms with E-state index in [-0.39, 0.29) is 30.7 Å². The zero-order valence-corrected chi connectivity index (χ0v) is 14.9. The number of hydrogen-bond acceptors (Lipinski definition) is 6. The van der Waals surface area contributed by atoms with Gasteiger partial charge in [-0.3, -0.25) is 4.79 Å². The fourth-order valence-electron chi connectivity index (χ4n) is 3.40. The molecular formula is C17H23F3N4O3. The van der Waals surface area contributed by atoms with Crippen molar-refractivity contribution in [2.75, 3.05) is 37.7 Å². The van der Waals surface area contributed by atoms with Gasteiger partial charge in [-0.15, -0.1) is 0 Å². The molecule has 2 unspecified atom stereocenters. The lowest BCUT2D eigenvalue weighted by atomic mass is 10.1. The molecule has 2 saturated heterocycles. The summed E-state index contributed by atoms with van der Waals surface area (Å²) >= 11 is 0. The molecule has 1 aromatic rings. The highest BCUT2D eigenvalue weighted by Crippen LogP contribution is 2.28. The lowest BCUT2D eigenvalue weighted by molar-refractivity contribution is -0.138. The van der Waals surface area contributed by atoms with Crippen LogP contribution in [0.3, 0.4) is 0 Å². The number of anilines is 1. The van der Waals surface area contributed by atoms with E-state index in [9.17, 15) is 18.0 Å². The van der Waals surface area contributed by atoms with Crippen LogP contribution in [0.15, 0.2) is 12.4 Å². The average Bonchev–Trinajstić information content (AvgIpc) is 3.08. The quantitative estimate of drug-likeness (QED) is 0.823. The van der Waals surface area contributed by atoms with Crippen LogP contribution in [0.1, 0.15) is 31.2 Å². The van der Waals surface area contributed by atoms with Crippen LogP contribution in [0.25, 0.3) is 0 Å². The second-order valence-corrected chi connectivity index (χ2v) is 6.81. The number of hydrogen-bond donors (Lipinski definition) is 1. The van der Waals surface area contributed by atoms with Gasteiger partial charge in [0.1, 0.15) is 0 Å². The van der Waals surface area contributed by atoms with Crippen molar-refractivity contribution in [2.24, 2.45) is 0 Å². The maximum absolute atomic E-state index is 12.6. The van der Waals surface area contributed by atoms with E-state index < -0.39 is 11.7 Å². The number of alkyl halides is 3. The molecule has 2 fully saturated rings. The molecule has 0 aromatic carbocycles. The molecule has 3 rings (SSSR count). The van der Waals surface area contributed by atoms with E-state index in [1.165, 1.54) is 0 Å². The van der Waals surface area contributed by atoms with Crippen molar-refractivity contribution < 1.29 is 27.8 Å². The zero-order chi connectivity index (χ0) is 19.4.